The predicted molar refractivity (Wildman–Crippen MR) is 93.1 cm³/mol. The molecule has 0 amide bonds. The van der Waals surface area contributed by atoms with Crippen molar-refractivity contribution in [2.45, 2.75) is 65.8 Å². The lowest BCUT2D eigenvalue weighted by Gasteiger charge is -2.24. The van der Waals surface area contributed by atoms with Crippen molar-refractivity contribution in [1.29, 1.82) is 0 Å². The molecule has 0 bridgehead atoms. The zero-order valence-electron chi connectivity index (χ0n) is 14.1. The van der Waals surface area contributed by atoms with Crippen LogP contribution in [-0.2, 0) is 12.8 Å². The maximum Gasteiger partial charge on any atom is 0.134 e. The Morgan fingerprint density at radius 3 is 2.14 bits per heavy atom. The molecule has 1 heterocycles. The first-order valence-corrected chi connectivity index (χ1v) is 8.15. The zero-order valence-corrected chi connectivity index (χ0v) is 14.1. The number of aryl methyl sites for hydroxylation is 2. The number of nitrogens with zero attached hydrogens (tertiary/aromatic N) is 1. The number of hydrogen-bond acceptors (Lipinski definition) is 2. The van der Waals surface area contributed by atoms with E-state index in [2.05, 4.69) is 64.2 Å². The van der Waals surface area contributed by atoms with E-state index in [1.807, 2.05) is 0 Å². The Hall–Kier alpha value is -1.57. The highest BCUT2D eigenvalue weighted by molar-refractivity contribution is 5.95. The molecule has 1 aromatic heterocycles. The Balaban J connectivity index is 2.66. The van der Waals surface area contributed by atoms with Gasteiger partial charge in [0.1, 0.15) is 5.82 Å². The lowest BCUT2D eigenvalue weighted by Crippen LogP contribution is -2.27. The summed E-state index contributed by atoms with van der Waals surface area (Å²) in [6.45, 7) is 11.0. The average molecular weight is 284 g/mol. The van der Waals surface area contributed by atoms with Gasteiger partial charge in [-0.3, -0.25) is 0 Å². The Kier molecular flexibility index (Phi) is 4.87. The fraction of sp³-hybridized carbons (Fsp3) is 0.526. The van der Waals surface area contributed by atoms with Crippen LogP contribution >= 0.6 is 0 Å². The second kappa shape index (κ2) is 6.46. The molecule has 0 saturated heterocycles. The first kappa shape index (κ1) is 15.8. The fourth-order valence-electron chi connectivity index (χ4n) is 2.79. The second-order valence-corrected chi connectivity index (χ2v) is 6.81. The summed E-state index contributed by atoms with van der Waals surface area (Å²) < 4.78 is 0. The summed E-state index contributed by atoms with van der Waals surface area (Å²) in [4.78, 5) is 4.98. The van der Waals surface area contributed by atoms with Crippen molar-refractivity contribution in [3.05, 3.63) is 35.5 Å². The quantitative estimate of drug-likeness (QED) is 0.800. The number of hydrogen-bond donors (Lipinski definition) is 1. The summed E-state index contributed by atoms with van der Waals surface area (Å²) in [7, 11) is 0. The van der Waals surface area contributed by atoms with Crippen molar-refractivity contribution < 1.29 is 0 Å². The van der Waals surface area contributed by atoms with Gasteiger partial charge in [0.2, 0.25) is 0 Å². The van der Waals surface area contributed by atoms with E-state index in [1.54, 1.807) is 0 Å². The van der Waals surface area contributed by atoms with Gasteiger partial charge in [0, 0.05) is 16.6 Å². The standard InChI is InChI=1S/C19H28N2/c1-6-10-15-14-12-8-9-13-16(14)18(21-19(3,4)5)20-17(15)11-7-2/h8-9,12-13H,6-7,10-11H2,1-5H3,(H,20,21). The molecule has 2 nitrogen and oxygen atoms in total. The van der Waals surface area contributed by atoms with Crippen molar-refractivity contribution in [2.24, 2.45) is 0 Å². The lowest BCUT2D eigenvalue weighted by atomic mass is 9.97. The molecule has 1 N–H and O–H groups in total. The topological polar surface area (TPSA) is 24.9 Å². The molecule has 114 valence electrons. The molecule has 0 aliphatic heterocycles. The van der Waals surface area contributed by atoms with Crippen molar-refractivity contribution in [2.75, 3.05) is 5.32 Å². The van der Waals surface area contributed by atoms with Gasteiger partial charge >= 0.3 is 0 Å². The summed E-state index contributed by atoms with van der Waals surface area (Å²) in [5.74, 6) is 1.03. The number of aromatic nitrogens is 1. The largest absolute Gasteiger partial charge is 0.365 e. The molecular weight excluding hydrogens is 256 g/mol. The first-order valence-electron chi connectivity index (χ1n) is 8.15. The van der Waals surface area contributed by atoms with Crippen LogP contribution < -0.4 is 5.32 Å². The summed E-state index contributed by atoms with van der Waals surface area (Å²) >= 11 is 0. The van der Waals surface area contributed by atoms with Crippen LogP contribution in [0.1, 0.15) is 58.7 Å². The SMILES string of the molecule is CCCc1nc(NC(C)(C)C)c2ccccc2c1CCC. The molecular formula is C19H28N2. The van der Waals surface area contributed by atoms with Crippen LogP contribution in [0.25, 0.3) is 10.8 Å². The van der Waals surface area contributed by atoms with E-state index >= 15 is 0 Å². The van der Waals surface area contributed by atoms with Crippen LogP contribution in [0.5, 0.6) is 0 Å². The summed E-state index contributed by atoms with van der Waals surface area (Å²) in [5, 5.41) is 6.19. The molecule has 2 heteroatoms. The summed E-state index contributed by atoms with van der Waals surface area (Å²) in [6, 6.07) is 8.67. The van der Waals surface area contributed by atoms with Gasteiger partial charge < -0.3 is 5.32 Å². The van der Waals surface area contributed by atoms with E-state index in [0.29, 0.717) is 0 Å². The van der Waals surface area contributed by atoms with E-state index in [1.165, 1.54) is 22.0 Å². The van der Waals surface area contributed by atoms with Crippen LogP contribution in [0.3, 0.4) is 0 Å². The Morgan fingerprint density at radius 2 is 1.57 bits per heavy atom. The van der Waals surface area contributed by atoms with E-state index < -0.39 is 0 Å². The van der Waals surface area contributed by atoms with Gasteiger partial charge in [-0.2, -0.15) is 0 Å². The van der Waals surface area contributed by atoms with Crippen LogP contribution in [0.15, 0.2) is 24.3 Å². The highest BCUT2D eigenvalue weighted by atomic mass is 15.0. The summed E-state index contributed by atoms with van der Waals surface area (Å²) in [6.07, 6.45) is 4.46. The Bertz CT molecular complexity index is 609. The lowest BCUT2D eigenvalue weighted by molar-refractivity contribution is 0.630. The highest BCUT2D eigenvalue weighted by Crippen LogP contribution is 2.30. The molecule has 0 spiro atoms. The molecule has 0 aliphatic rings. The number of benzene rings is 1. The molecule has 1 aromatic carbocycles. The normalized spacial score (nSPS) is 11.9. The number of anilines is 1. The van der Waals surface area contributed by atoms with Gasteiger partial charge in [-0.05, 0) is 44.6 Å². The van der Waals surface area contributed by atoms with Crippen molar-refractivity contribution in [1.82, 2.24) is 4.98 Å². The third kappa shape index (κ3) is 3.75. The molecule has 0 atom stereocenters. The van der Waals surface area contributed by atoms with Gasteiger partial charge in [0.25, 0.3) is 0 Å². The third-order valence-corrected chi connectivity index (χ3v) is 3.58. The van der Waals surface area contributed by atoms with Crippen LogP contribution in [0, 0.1) is 0 Å². The van der Waals surface area contributed by atoms with Gasteiger partial charge in [0.15, 0.2) is 0 Å². The maximum atomic E-state index is 4.98. The molecule has 21 heavy (non-hydrogen) atoms. The minimum Gasteiger partial charge on any atom is -0.365 e. The highest BCUT2D eigenvalue weighted by Gasteiger charge is 2.16. The number of nitrogens with one attached hydrogen (secondary N) is 1. The molecule has 0 saturated carbocycles. The molecule has 2 aromatic rings. The minimum atomic E-state index is 0.0194. The fourth-order valence-corrected chi connectivity index (χ4v) is 2.79. The zero-order chi connectivity index (χ0) is 15.5. The number of pyridine rings is 1. The van der Waals surface area contributed by atoms with E-state index in [-0.39, 0.29) is 5.54 Å². The molecule has 0 radical (unpaired) electrons. The minimum absolute atomic E-state index is 0.0194. The summed E-state index contributed by atoms with van der Waals surface area (Å²) in [5.41, 5.74) is 2.73. The van der Waals surface area contributed by atoms with Gasteiger partial charge in [-0.15, -0.1) is 0 Å². The number of fused-ring (bicyclic) bond motifs is 1. The van der Waals surface area contributed by atoms with Crippen molar-refractivity contribution in [3.63, 3.8) is 0 Å². The van der Waals surface area contributed by atoms with Crippen molar-refractivity contribution >= 4 is 16.6 Å². The number of rotatable bonds is 5. The first-order chi connectivity index (χ1) is 9.96. The van der Waals surface area contributed by atoms with E-state index in [0.717, 1.165) is 31.5 Å². The van der Waals surface area contributed by atoms with Crippen LogP contribution in [0.2, 0.25) is 0 Å². The molecule has 0 aliphatic carbocycles. The average Bonchev–Trinajstić information content (AvgIpc) is 2.41. The van der Waals surface area contributed by atoms with Gasteiger partial charge in [-0.1, -0.05) is 51.0 Å². The predicted octanol–water partition coefficient (Wildman–Crippen LogP) is 5.35. The van der Waals surface area contributed by atoms with E-state index in [9.17, 15) is 0 Å². The smallest absolute Gasteiger partial charge is 0.134 e. The third-order valence-electron chi connectivity index (χ3n) is 3.58. The maximum absolute atomic E-state index is 4.98. The van der Waals surface area contributed by atoms with Crippen molar-refractivity contribution in [3.8, 4) is 0 Å². The Morgan fingerprint density at radius 1 is 0.952 bits per heavy atom. The molecule has 0 unspecified atom stereocenters. The van der Waals surface area contributed by atoms with Gasteiger partial charge in [-0.25, -0.2) is 4.98 Å². The Labute approximate surface area is 129 Å². The van der Waals surface area contributed by atoms with Gasteiger partial charge in [0.05, 0.1) is 0 Å². The molecule has 2 rings (SSSR count). The second-order valence-electron chi connectivity index (χ2n) is 6.81. The van der Waals surface area contributed by atoms with Crippen LogP contribution in [-0.4, -0.2) is 10.5 Å². The van der Waals surface area contributed by atoms with E-state index in [4.69, 9.17) is 4.98 Å². The van der Waals surface area contributed by atoms with Crippen LogP contribution in [0.4, 0.5) is 5.82 Å². The monoisotopic (exact) mass is 284 g/mol. The molecule has 0 fully saturated rings.